The maximum absolute atomic E-state index is 11.6. The third kappa shape index (κ3) is 4.70. The van der Waals surface area contributed by atoms with Crippen molar-refractivity contribution in [2.75, 3.05) is 6.54 Å². The van der Waals surface area contributed by atoms with Crippen molar-refractivity contribution in [3.63, 3.8) is 0 Å². The lowest BCUT2D eigenvalue weighted by Crippen LogP contribution is -2.43. The van der Waals surface area contributed by atoms with E-state index in [9.17, 15) is 9.59 Å². The van der Waals surface area contributed by atoms with E-state index in [0.29, 0.717) is 24.7 Å². The van der Waals surface area contributed by atoms with Crippen molar-refractivity contribution < 1.29 is 14.7 Å². The van der Waals surface area contributed by atoms with Crippen LogP contribution in [0, 0.1) is 0 Å². The number of aliphatic carboxylic acids is 1. The van der Waals surface area contributed by atoms with E-state index in [1.165, 1.54) is 19.2 Å². The lowest BCUT2D eigenvalue weighted by Gasteiger charge is -2.13. The number of rotatable bonds is 8. The monoisotopic (exact) mass is 266 g/mol. The highest BCUT2D eigenvalue weighted by molar-refractivity contribution is 5.83. The molecule has 4 N–H and O–H groups in total. The second-order valence-electron chi connectivity index (χ2n) is 4.72. The number of aromatic amines is 1. The number of hydrogen-bond donors (Lipinski definition) is 4. The number of carbonyl (C=O) groups is 2. The van der Waals surface area contributed by atoms with Gasteiger partial charge in [-0.25, -0.2) is 9.78 Å². The highest BCUT2D eigenvalue weighted by Crippen LogP contribution is 2.18. The molecule has 1 aliphatic carbocycles. The average Bonchev–Trinajstić information content (AvgIpc) is 3.03. The number of nitrogens with zero attached hydrogens (tertiary/aromatic N) is 1. The first-order chi connectivity index (χ1) is 9.15. The summed E-state index contributed by atoms with van der Waals surface area (Å²) in [6.45, 7) is 0.590. The molecule has 1 aromatic rings. The van der Waals surface area contributed by atoms with Crippen molar-refractivity contribution in [1.82, 2.24) is 20.6 Å². The molecule has 1 fully saturated rings. The molecule has 1 atom stereocenters. The fourth-order valence-electron chi connectivity index (χ4n) is 1.76. The third-order valence-corrected chi connectivity index (χ3v) is 2.97. The van der Waals surface area contributed by atoms with Gasteiger partial charge in [0.15, 0.2) is 0 Å². The van der Waals surface area contributed by atoms with Gasteiger partial charge in [-0.1, -0.05) is 0 Å². The van der Waals surface area contributed by atoms with Crippen LogP contribution in [0.25, 0.3) is 0 Å². The SMILES string of the molecule is O=C(CCNC1CC1)NC(Cc1cnc[nH]1)C(=O)O. The molecule has 19 heavy (non-hydrogen) atoms. The molecular formula is C12H18N4O3. The average molecular weight is 266 g/mol. The normalized spacial score (nSPS) is 16.0. The number of H-pyrrole nitrogens is 1. The van der Waals surface area contributed by atoms with Gasteiger partial charge in [0.05, 0.1) is 6.33 Å². The quantitative estimate of drug-likeness (QED) is 0.515. The maximum Gasteiger partial charge on any atom is 0.326 e. The Bertz CT molecular complexity index is 428. The summed E-state index contributed by atoms with van der Waals surface area (Å²) in [5.41, 5.74) is 0.684. The molecule has 1 amide bonds. The maximum atomic E-state index is 11.6. The Morgan fingerprint density at radius 1 is 1.53 bits per heavy atom. The molecule has 0 bridgehead atoms. The minimum Gasteiger partial charge on any atom is -0.480 e. The van der Waals surface area contributed by atoms with E-state index < -0.39 is 12.0 Å². The van der Waals surface area contributed by atoms with Gasteiger partial charge in [-0.15, -0.1) is 0 Å². The molecule has 7 nitrogen and oxygen atoms in total. The number of hydrogen-bond acceptors (Lipinski definition) is 4. The van der Waals surface area contributed by atoms with Crippen molar-refractivity contribution in [1.29, 1.82) is 0 Å². The zero-order valence-corrected chi connectivity index (χ0v) is 10.6. The second-order valence-corrected chi connectivity index (χ2v) is 4.72. The van der Waals surface area contributed by atoms with E-state index in [1.807, 2.05) is 0 Å². The number of aromatic nitrogens is 2. The van der Waals surface area contributed by atoms with Crippen molar-refractivity contribution in [2.45, 2.75) is 37.8 Å². The summed E-state index contributed by atoms with van der Waals surface area (Å²) in [6.07, 6.45) is 5.87. The molecule has 1 aliphatic rings. The van der Waals surface area contributed by atoms with E-state index in [-0.39, 0.29) is 12.3 Å². The molecule has 0 saturated heterocycles. The minimum absolute atomic E-state index is 0.205. The Hall–Kier alpha value is -1.89. The largest absolute Gasteiger partial charge is 0.480 e. The Balaban J connectivity index is 1.74. The molecule has 0 spiro atoms. The van der Waals surface area contributed by atoms with E-state index in [0.717, 1.165) is 0 Å². The molecule has 1 unspecified atom stereocenters. The van der Waals surface area contributed by atoms with Crippen LogP contribution in [0.2, 0.25) is 0 Å². The van der Waals surface area contributed by atoms with Gasteiger partial charge in [0, 0.05) is 37.3 Å². The number of imidazole rings is 1. The fourth-order valence-corrected chi connectivity index (χ4v) is 1.76. The Morgan fingerprint density at radius 3 is 2.89 bits per heavy atom. The zero-order chi connectivity index (χ0) is 13.7. The van der Waals surface area contributed by atoms with E-state index in [4.69, 9.17) is 5.11 Å². The van der Waals surface area contributed by atoms with Gasteiger partial charge < -0.3 is 20.7 Å². The predicted molar refractivity (Wildman–Crippen MR) is 67.5 cm³/mol. The van der Waals surface area contributed by atoms with Gasteiger partial charge in [-0.2, -0.15) is 0 Å². The molecule has 2 rings (SSSR count). The van der Waals surface area contributed by atoms with Crippen LogP contribution in [-0.4, -0.2) is 45.6 Å². The van der Waals surface area contributed by atoms with Gasteiger partial charge >= 0.3 is 5.97 Å². The first kappa shape index (κ1) is 13.5. The smallest absolute Gasteiger partial charge is 0.326 e. The Kier molecular flexibility index (Phi) is 4.51. The van der Waals surface area contributed by atoms with Gasteiger partial charge in [0.1, 0.15) is 6.04 Å². The van der Waals surface area contributed by atoms with Crippen molar-refractivity contribution in [3.05, 3.63) is 18.2 Å². The molecule has 1 heterocycles. The van der Waals surface area contributed by atoms with Crippen LogP contribution < -0.4 is 10.6 Å². The molecular weight excluding hydrogens is 248 g/mol. The lowest BCUT2D eigenvalue weighted by molar-refractivity contribution is -0.141. The number of carboxylic acids is 1. The Morgan fingerprint density at radius 2 is 2.32 bits per heavy atom. The van der Waals surface area contributed by atoms with Crippen LogP contribution in [0.5, 0.6) is 0 Å². The molecule has 1 aromatic heterocycles. The minimum atomic E-state index is -1.04. The fraction of sp³-hybridized carbons (Fsp3) is 0.583. The number of nitrogens with one attached hydrogen (secondary N) is 3. The first-order valence-electron chi connectivity index (χ1n) is 6.38. The third-order valence-electron chi connectivity index (χ3n) is 2.97. The summed E-state index contributed by atoms with van der Waals surface area (Å²) in [5, 5.41) is 14.8. The summed E-state index contributed by atoms with van der Waals surface area (Å²) in [7, 11) is 0. The predicted octanol–water partition coefficient (Wildman–Crippen LogP) is -0.336. The molecule has 104 valence electrons. The zero-order valence-electron chi connectivity index (χ0n) is 10.6. The number of carboxylic acid groups (broad SMARTS) is 1. The summed E-state index contributed by atoms with van der Waals surface area (Å²) < 4.78 is 0. The van der Waals surface area contributed by atoms with Gasteiger partial charge in [-0.05, 0) is 12.8 Å². The highest BCUT2D eigenvalue weighted by atomic mass is 16.4. The summed E-state index contributed by atoms with van der Waals surface area (Å²) >= 11 is 0. The molecule has 0 radical (unpaired) electrons. The Labute approximate surface area is 110 Å². The van der Waals surface area contributed by atoms with E-state index >= 15 is 0 Å². The van der Waals surface area contributed by atoms with E-state index in [2.05, 4.69) is 20.6 Å². The first-order valence-corrected chi connectivity index (χ1v) is 6.38. The van der Waals surface area contributed by atoms with Crippen LogP contribution >= 0.6 is 0 Å². The van der Waals surface area contributed by atoms with Crippen molar-refractivity contribution in [3.8, 4) is 0 Å². The van der Waals surface area contributed by atoms with Gasteiger partial charge in [0.2, 0.25) is 5.91 Å². The molecule has 1 saturated carbocycles. The summed E-state index contributed by atoms with van der Waals surface area (Å²) in [4.78, 5) is 29.4. The highest BCUT2D eigenvalue weighted by Gasteiger charge is 2.22. The lowest BCUT2D eigenvalue weighted by atomic mass is 10.1. The van der Waals surface area contributed by atoms with Crippen LogP contribution in [0.1, 0.15) is 25.0 Å². The second kappa shape index (κ2) is 6.33. The van der Waals surface area contributed by atoms with Gasteiger partial charge in [0.25, 0.3) is 0 Å². The molecule has 0 aromatic carbocycles. The summed E-state index contributed by atoms with van der Waals surface area (Å²) in [5.74, 6) is -1.29. The number of carbonyl (C=O) groups excluding carboxylic acids is 1. The topological polar surface area (TPSA) is 107 Å². The standard InChI is InChI=1S/C12H18N4O3/c17-11(3-4-14-8-1-2-8)16-10(12(18)19)5-9-6-13-7-15-9/h6-8,10,14H,1-5H2,(H,13,15)(H,16,17)(H,18,19). The van der Waals surface area contributed by atoms with Crippen LogP contribution in [0.3, 0.4) is 0 Å². The summed E-state index contributed by atoms with van der Waals surface area (Å²) in [6, 6.07) is -0.373. The number of amides is 1. The van der Waals surface area contributed by atoms with Gasteiger partial charge in [-0.3, -0.25) is 4.79 Å². The van der Waals surface area contributed by atoms with Crippen LogP contribution in [0.15, 0.2) is 12.5 Å². The van der Waals surface area contributed by atoms with Crippen LogP contribution in [0.4, 0.5) is 0 Å². The molecule has 0 aliphatic heterocycles. The van der Waals surface area contributed by atoms with Crippen molar-refractivity contribution in [2.24, 2.45) is 0 Å². The van der Waals surface area contributed by atoms with E-state index in [1.54, 1.807) is 6.20 Å². The van der Waals surface area contributed by atoms with Crippen LogP contribution in [-0.2, 0) is 16.0 Å². The molecule has 7 heteroatoms. The van der Waals surface area contributed by atoms with Crippen molar-refractivity contribution >= 4 is 11.9 Å².